The van der Waals surface area contributed by atoms with Gasteiger partial charge in [-0.1, -0.05) is 204 Å². The standard InChI is InChI=1S/C47H98B2N4O6/c1-7-11-13-15-17-19-21-23-25-27-29-31-33-35-37-39-41-50-58-46(43-52(5,9-3)44-56-48-54)47(53(6,10-4)45-57-49-55)59-51-42-40-38-36-34-32-30-28-26-24-22-20-18-16-14-12-8-2/h41-42,46-47,54-55H,7-40,43-45H2,1-6H3/q+2/b50-41+,51-42+. The largest absolute Gasteiger partial charge is 0.489 e. The van der Waals surface area contributed by atoms with E-state index >= 15 is 0 Å². The summed E-state index contributed by atoms with van der Waals surface area (Å²) in [4.78, 5) is 12.6. The van der Waals surface area contributed by atoms with Crippen LogP contribution in [-0.4, -0.2) is 106 Å². The topological polar surface area (TPSA) is 102 Å². The van der Waals surface area contributed by atoms with Crippen molar-refractivity contribution < 1.29 is 38.0 Å². The fourth-order valence-electron chi connectivity index (χ4n) is 7.77. The van der Waals surface area contributed by atoms with E-state index in [2.05, 4.69) is 45.1 Å². The maximum Gasteiger partial charge on any atom is 0.489 e. The maximum absolute atomic E-state index is 9.45. The predicted octanol–water partition coefficient (Wildman–Crippen LogP) is 12.1. The lowest BCUT2D eigenvalue weighted by Crippen LogP contribution is -2.63. The van der Waals surface area contributed by atoms with E-state index in [1.165, 1.54) is 180 Å². The fourth-order valence-corrected chi connectivity index (χ4v) is 7.77. The van der Waals surface area contributed by atoms with E-state index in [0.717, 1.165) is 47.6 Å². The number of rotatable bonds is 48. The van der Waals surface area contributed by atoms with Gasteiger partial charge in [-0.2, -0.15) is 0 Å². The lowest BCUT2D eigenvalue weighted by atomic mass is 10.0. The second-order valence-electron chi connectivity index (χ2n) is 17.9. The third-order valence-electron chi connectivity index (χ3n) is 12.3. The molecule has 0 saturated heterocycles. The van der Waals surface area contributed by atoms with Crippen LogP contribution in [0.1, 0.15) is 233 Å². The molecule has 0 bridgehead atoms. The highest BCUT2D eigenvalue weighted by Gasteiger charge is 2.46. The molecular weight excluding hydrogens is 738 g/mol. The summed E-state index contributed by atoms with van der Waals surface area (Å²) < 4.78 is 11.5. The van der Waals surface area contributed by atoms with Gasteiger partial charge in [-0.25, -0.2) is 0 Å². The molecular formula is C47H98B2N4O6+2. The van der Waals surface area contributed by atoms with Gasteiger partial charge >= 0.3 is 21.6 Å². The van der Waals surface area contributed by atoms with Gasteiger partial charge in [0.25, 0.3) is 6.10 Å². The first-order valence-electron chi connectivity index (χ1n) is 25.0. The molecule has 59 heavy (non-hydrogen) atoms. The van der Waals surface area contributed by atoms with Crippen molar-refractivity contribution in [3.63, 3.8) is 0 Å². The number of quaternary nitrogens is 2. The Morgan fingerprint density at radius 3 is 1.14 bits per heavy atom. The summed E-state index contributed by atoms with van der Waals surface area (Å²) in [5.74, 6) is 0. The molecule has 4 unspecified atom stereocenters. The molecule has 2 N–H and O–H groups in total. The van der Waals surface area contributed by atoms with E-state index in [1.807, 2.05) is 19.5 Å². The summed E-state index contributed by atoms with van der Waals surface area (Å²) in [6, 6.07) is 0. The van der Waals surface area contributed by atoms with Crippen LogP contribution in [0.3, 0.4) is 0 Å². The first kappa shape index (κ1) is 57.8. The number of oxime groups is 2. The first-order chi connectivity index (χ1) is 28.9. The maximum atomic E-state index is 9.45. The molecule has 0 saturated carbocycles. The van der Waals surface area contributed by atoms with E-state index in [1.54, 1.807) is 0 Å². The zero-order valence-corrected chi connectivity index (χ0v) is 39.9. The number of unbranched alkanes of at least 4 members (excludes halogenated alkanes) is 30. The molecule has 12 heteroatoms. The van der Waals surface area contributed by atoms with Crippen molar-refractivity contribution in [2.75, 3.05) is 47.2 Å². The molecule has 346 valence electrons. The van der Waals surface area contributed by atoms with Crippen molar-refractivity contribution in [3.8, 4) is 0 Å². The molecule has 0 aliphatic rings. The number of hydrogen-bond donors (Lipinski definition) is 2. The highest BCUT2D eigenvalue weighted by Crippen LogP contribution is 2.23. The summed E-state index contributed by atoms with van der Waals surface area (Å²) in [5.41, 5.74) is 0. The molecule has 0 aromatic rings. The van der Waals surface area contributed by atoms with Gasteiger partial charge in [0.1, 0.15) is 6.54 Å². The van der Waals surface area contributed by atoms with Gasteiger partial charge in [-0.3, -0.25) is 4.48 Å². The van der Waals surface area contributed by atoms with Crippen LogP contribution in [0.2, 0.25) is 0 Å². The average Bonchev–Trinajstić information content (AvgIpc) is 3.25. The van der Waals surface area contributed by atoms with Crippen molar-refractivity contribution in [2.24, 2.45) is 10.3 Å². The van der Waals surface area contributed by atoms with E-state index < -0.39 is 12.3 Å². The van der Waals surface area contributed by atoms with Gasteiger partial charge in [-0.15, -0.1) is 0 Å². The molecule has 0 aliphatic carbocycles. The summed E-state index contributed by atoms with van der Waals surface area (Å²) in [7, 11) is 5.54. The van der Waals surface area contributed by atoms with Crippen molar-refractivity contribution in [1.82, 2.24) is 0 Å². The Morgan fingerprint density at radius 1 is 0.458 bits per heavy atom. The van der Waals surface area contributed by atoms with Crippen LogP contribution in [-0.2, 0) is 19.0 Å². The lowest BCUT2D eigenvalue weighted by molar-refractivity contribution is -0.980. The number of likely N-dealkylation sites (N-methyl/N-ethyl adjacent to an activating group) is 2. The molecule has 2 radical (unpaired) electrons. The zero-order chi connectivity index (χ0) is 43.4. The number of nitrogens with zero attached hydrogens (tertiary/aromatic N) is 4. The van der Waals surface area contributed by atoms with Crippen LogP contribution in [0, 0.1) is 0 Å². The molecule has 0 aliphatic heterocycles. The zero-order valence-electron chi connectivity index (χ0n) is 39.9. The lowest BCUT2D eigenvalue weighted by Gasteiger charge is -2.42. The Hall–Kier alpha value is -1.17. The van der Waals surface area contributed by atoms with Crippen LogP contribution in [0.4, 0.5) is 0 Å². The van der Waals surface area contributed by atoms with Gasteiger partial charge < -0.3 is 33.5 Å². The summed E-state index contributed by atoms with van der Waals surface area (Å²) >= 11 is 0. The van der Waals surface area contributed by atoms with Gasteiger partial charge in [0.2, 0.25) is 0 Å². The highest BCUT2D eigenvalue weighted by molar-refractivity contribution is 6.15. The quantitative estimate of drug-likeness (QED) is 0.0158. The van der Waals surface area contributed by atoms with Crippen molar-refractivity contribution in [3.05, 3.63) is 0 Å². The van der Waals surface area contributed by atoms with Crippen LogP contribution in [0.25, 0.3) is 0 Å². The van der Waals surface area contributed by atoms with Crippen LogP contribution in [0.15, 0.2) is 10.3 Å². The minimum absolute atomic E-state index is 0.172. The summed E-state index contributed by atoms with van der Waals surface area (Å²) in [6.07, 6.45) is 44.7. The van der Waals surface area contributed by atoms with Crippen molar-refractivity contribution >= 4 is 27.8 Å². The molecule has 0 rings (SSSR count). The minimum atomic E-state index is -0.581. The third-order valence-corrected chi connectivity index (χ3v) is 12.3. The Balaban J connectivity index is 4.94. The van der Waals surface area contributed by atoms with Crippen LogP contribution >= 0.6 is 0 Å². The predicted molar refractivity (Wildman–Crippen MR) is 252 cm³/mol. The highest BCUT2D eigenvalue weighted by atomic mass is 16.7. The molecule has 4 atom stereocenters. The second kappa shape index (κ2) is 43.5. The SMILES string of the molecule is CCCCCCCCCCCCCCCCC/C=N/OC(C[N+](C)(CC)CO[B]O)C(O/N=C/CCCCCCCCCCCCCCCCC)[N+](C)(CC)CO[B]O. The second-order valence-corrected chi connectivity index (χ2v) is 17.9. The molecule has 0 fully saturated rings. The van der Waals surface area contributed by atoms with Gasteiger partial charge in [0.15, 0.2) is 13.5 Å². The van der Waals surface area contributed by atoms with E-state index in [9.17, 15) is 10.0 Å². The average molecular weight is 837 g/mol. The molecule has 0 heterocycles. The summed E-state index contributed by atoms with van der Waals surface area (Å²) in [6.45, 7) is 11.0. The fraction of sp³-hybridized carbons (Fsp3) is 0.957. The Bertz CT molecular complexity index is 926. The monoisotopic (exact) mass is 837 g/mol. The summed E-state index contributed by atoms with van der Waals surface area (Å²) in [5, 5.41) is 27.7. The molecule has 10 nitrogen and oxygen atoms in total. The van der Waals surface area contributed by atoms with E-state index in [-0.39, 0.29) is 17.9 Å². The smallest absolute Gasteiger partial charge is 0.429 e. The number of hydrogen-bond acceptors (Lipinski definition) is 8. The molecule has 0 aromatic carbocycles. The third kappa shape index (κ3) is 35.0. The minimum Gasteiger partial charge on any atom is -0.429 e. The first-order valence-corrected chi connectivity index (χ1v) is 25.0. The Morgan fingerprint density at radius 2 is 0.797 bits per heavy atom. The van der Waals surface area contributed by atoms with E-state index in [0.29, 0.717) is 17.6 Å². The van der Waals surface area contributed by atoms with Crippen LogP contribution in [0.5, 0.6) is 0 Å². The van der Waals surface area contributed by atoms with Crippen molar-refractivity contribution in [1.29, 1.82) is 0 Å². The Labute approximate surface area is 367 Å². The van der Waals surface area contributed by atoms with Crippen molar-refractivity contribution in [2.45, 2.75) is 245 Å². The normalized spacial score (nSPS) is 15.1. The molecule has 0 amide bonds. The van der Waals surface area contributed by atoms with Gasteiger partial charge in [-0.05, 0) is 39.5 Å². The van der Waals surface area contributed by atoms with Crippen LogP contribution < -0.4 is 0 Å². The molecule has 0 spiro atoms. The van der Waals surface area contributed by atoms with Gasteiger partial charge in [0.05, 0.1) is 27.2 Å². The molecule has 0 aromatic heterocycles. The Kier molecular flexibility index (Phi) is 42.6. The van der Waals surface area contributed by atoms with E-state index in [4.69, 9.17) is 19.0 Å². The van der Waals surface area contributed by atoms with Gasteiger partial charge in [0, 0.05) is 12.4 Å².